The summed E-state index contributed by atoms with van der Waals surface area (Å²) in [4.78, 5) is 13.6. The lowest BCUT2D eigenvalue weighted by Gasteiger charge is -2.08. The molecule has 0 radical (unpaired) electrons. The zero-order valence-corrected chi connectivity index (χ0v) is 15.8. The van der Waals surface area contributed by atoms with Gasteiger partial charge in [0.15, 0.2) is 0 Å². The minimum absolute atomic E-state index is 0.0567. The first-order chi connectivity index (χ1) is 12.7. The van der Waals surface area contributed by atoms with Gasteiger partial charge in [0, 0.05) is 17.2 Å². The number of ether oxygens (including phenoxy) is 1. The van der Waals surface area contributed by atoms with E-state index in [0.717, 1.165) is 22.6 Å². The quantitative estimate of drug-likeness (QED) is 0.646. The zero-order valence-electron chi connectivity index (χ0n) is 14.9. The van der Waals surface area contributed by atoms with E-state index in [9.17, 15) is 10.1 Å². The molecule has 2 aromatic carbocycles. The molecule has 0 aliphatic heterocycles. The molecule has 26 heavy (non-hydrogen) atoms. The van der Waals surface area contributed by atoms with Gasteiger partial charge in [-0.2, -0.15) is 5.26 Å². The van der Waals surface area contributed by atoms with Crippen LogP contribution in [0.25, 0.3) is 5.57 Å². The summed E-state index contributed by atoms with van der Waals surface area (Å²) in [6.07, 6.45) is 3.15. The van der Waals surface area contributed by atoms with Crippen LogP contribution in [0.2, 0.25) is 0 Å². The summed E-state index contributed by atoms with van der Waals surface area (Å²) in [5, 5.41) is 9.58. The van der Waals surface area contributed by atoms with E-state index in [2.05, 4.69) is 6.07 Å². The number of Topliss-reactive ketones (excluding diaryl/α,β-unsaturated/α-hetero) is 1. The van der Waals surface area contributed by atoms with Gasteiger partial charge in [0.25, 0.3) is 0 Å². The van der Waals surface area contributed by atoms with Crippen molar-refractivity contribution in [1.29, 1.82) is 5.26 Å². The molecule has 3 nitrogen and oxygen atoms in total. The number of thioether (sulfide) groups is 1. The first-order valence-corrected chi connectivity index (χ1v) is 9.79. The smallest absolute Gasteiger partial charge is 0.141 e. The molecular formula is C22H21NO2S. The Kier molecular flexibility index (Phi) is 5.80. The van der Waals surface area contributed by atoms with E-state index in [4.69, 9.17) is 4.74 Å². The molecule has 0 spiro atoms. The van der Waals surface area contributed by atoms with Crippen molar-refractivity contribution in [1.82, 2.24) is 0 Å². The van der Waals surface area contributed by atoms with Crippen molar-refractivity contribution in [2.24, 2.45) is 5.92 Å². The Morgan fingerprint density at radius 1 is 1.19 bits per heavy atom. The van der Waals surface area contributed by atoms with Crippen molar-refractivity contribution in [3.05, 3.63) is 70.6 Å². The molecule has 0 bridgehead atoms. The van der Waals surface area contributed by atoms with Crippen LogP contribution in [0.15, 0.2) is 59.5 Å². The number of nitrogens with zero attached hydrogens (tertiary/aromatic N) is 1. The van der Waals surface area contributed by atoms with Crippen molar-refractivity contribution < 1.29 is 9.53 Å². The van der Waals surface area contributed by atoms with Gasteiger partial charge in [-0.05, 0) is 41.9 Å². The molecule has 0 saturated heterocycles. The molecular weight excluding hydrogens is 342 g/mol. The van der Waals surface area contributed by atoms with Crippen LogP contribution in [0.5, 0.6) is 5.75 Å². The topological polar surface area (TPSA) is 50.1 Å². The third-order valence-electron chi connectivity index (χ3n) is 4.78. The predicted octanol–water partition coefficient (Wildman–Crippen LogP) is 5.06. The van der Waals surface area contributed by atoms with Crippen LogP contribution in [-0.2, 0) is 4.79 Å². The molecule has 1 aliphatic rings. The van der Waals surface area contributed by atoms with E-state index in [1.807, 2.05) is 60.9 Å². The van der Waals surface area contributed by atoms with Crippen molar-refractivity contribution in [3.63, 3.8) is 0 Å². The minimum Gasteiger partial charge on any atom is -0.497 e. The summed E-state index contributed by atoms with van der Waals surface area (Å²) in [5.74, 6) is 1.39. The van der Waals surface area contributed by atoms with Crippen molar-refractivity contribution in [3.8, 4) is 11.8 Å². The molecule has 1 fully saturated rings. The molecule has 2 aromatic rings. The third-order valence-corrected chi connectivity index (χ3v) is 5.62. The Bertz CT molecular complexity index is 850. The fraction of sp³-hybridized carbons (Fsp3) is 0.273. The normalized spacial score (nSPS) is 19.3. The first-order valence-electron chi connectivity index (χ1n) is 8.57. The maximum Gasteiger partial charge on any atom is 0.141 e. The second-order valence-corrected chi connectivity index (χ2v) is 7.25. The van der Waals surface area contributed by atoms with Gasteiger partial charge in [0.2, 0.25) is 0 Å². The summed E-state index contributed by atoms with van der Waals surface area (Å²) >= 11 is 1.49. The van der Waals surface area contributed by atoms with Crippen LogP contribution in [0.4, 0.5) is 0 Å². The average molecular weight is 363 g/mol. The zero-order chi connectivity index (χ0) is 18.5. The van der Waals surface area contributed by atoms with E-state index >= 15 is 0 Å². The SMILES string of the molecule is COc1ccc(C2CC2C(=O)C/C(SC)=C(\C#N)c2ccccc2)cc1. The molecule has 0 N–H and O–H groups in total. The molecule has 2 unspecified atom stereocenters. The number of hydrogen-bond acceptors (Lipinski definition) is 4. The molecule has 0 heterocycles. The lowest BCUT2D eigenvalue weighted by atomic mass is 10.0. The minimum atomic E-state index is 0.0567. The van der Waals surface area contributed by atoms with Crippen LogP contribution >= 0.6 is 11.8 Å². The van der Waals surface area contributed by atoms with Gasteiger partial charge in [0.05, 0.1) is 12.7 Å². The standard InChI is InChI=1S/C22H21NO2S/c1-25-17-10-8-16(9-11-17)18-12-19(18)21(24)13-22(26-2)20(14-23)15-6-4-3-5-7-15/h3-11,18-19H,12-13H2,1-2H3/b22-20-. The van der Waals surface area contributed by atoms with Gasteiger partial charge in [0.1, 0.15) is 17.6 Å². The van der Waals surface area contributed by atoms with E-state index in [-0.39, 0.29) is 11.7 Å². The van der Waals surface area contributed by atoms with Gasteiger partial charge >= 0.3 is 0 Å². The van der Waals surface area contributed by atoms with Crippen LogP contribution in [0.3, 0.4) is 0 Å². The van der Waals surface area contributed by atoms with Crippen molar-refractivity contribution >= 4 is 23.1 Å². The molecule has 4 heteroatoms. The largest absolute Gasteiger partial charge is 0.497 e. The van der Waals surface area contributed by atoms with E-state index in [0.29, 0.717) is 17.9 Å². The molecule has 3 rings (SSSR count). The molecule has 132 valence electrons. The number of carbonyl (C=O) groups is 1. The highest BCUT2D eigenvalue weighted by atomic mass is 32.2. The number of allylic oxidation sites excluding steroid dienone is 2. The predicted molar refractivity (Wildman–Crippen MR) is 106 cm³/mol. The van der Waals surface area contributed by atoms with Crippen LogP contribution < -0.4 is 4.74 Å². The summed E-state index contributed by atoms with van der Waals surface area (Å²) in [6, 6.07) is 19.8. The lowest BCUT2D eigenvalue weighted by molar-refractivity contribution is -0.119. The summed E-state index contributed by atoms with van der Waals surface area (Å²) < 4.78 is 5.19. The van der Waals surface area contributed by atoms with Gasteiger partial charge in [-0.3, -0.25) is 4.79 Å². The molecule has 1 saturated carbocycles. The molecule has 2 atom stereocenters. The average Bonchev–Trinajstić information content (AvgIpc) is 3.49. The number of ketones is 1. The highest BCUT2D eigenvalue weighted by Crippen LogP contribution is 2.49. The molecule has 1 aliphatic carbocycles. The maximum atomic E-state index is 12.8. The Morgan fingerprint density at radius 2 is 1.88 bits per heavy atom. The van der Waals surface area contributed by atoms with E-state index < -0.39 is 0 Å². The lowest BCUT2D eigenvalue weighted by Crippen LogP contribution is -2.04. The van der Waals surface area contributed by atoms with Crippen molar-refractivity contribution in [2.45, 2.75) is 18.8 Å². The Labute approximate surface area is 158 Å². The van der Waals surface area contributed by atoms with Gasteiger partial charge in [-0.1, -0.05) is 42.5 Å². The van der Waals surface area contributed by atoms with Gasteiger partial charge in [-0.25, -0.2) is 0 Å². The number of carbonyl (C=O) groups excluding carboxylic acids is 1. The Morgan fingerprint density at radius 3 is 2.46 bits per heavy atom. The second-order valence-electron chi connectivity index (χ2n) is 6.35. The van der Waals surface area contributed by atoms with Crippen LogP contribution in [0, 0.1) is 17.2 Å². The number of hydrogen-bond donors (Lipinski definition) is 0. The molecule has 0 aromatic heterocycles. The van der Waals surface area contributed by atoms with Crippen LogP contribution in [0.1, 0.15) is 29.9 Å². The van der Waals surface area contributed by atoms with Crippen molar-refractivity contribution in [2.75, 3.05) is 13.4 Å². The summed E-state index contributed by atoms with van der Waals surface area (Å²) in [7, 11) is 1.65. The highest BCUT2D eigenvalue weighted by molar-refractivity contribution is 8.02. The van der Waals surface area contributed by atoms with Crippen LogP contribution in [-0.4, -0.2) is 19.1 Å². The number of methoxy groups -OCH3 is 1. The number of nitriles is 1. The Balaban J connectivity index is 1.72. The van der Waals surface area contributed by atoms with E-state index in [1.165, 1.54) is 17.3 Å². The van der Waals surface area contributed by atoms with E-state index in [1.54, 1.807) is 7.11 Å². The summed E-state index contributed by atoms with van der Waals surface area (Å²) in [6.45, 7) is 0. The number of rotatable bonds is 7. The third kappa shape index (κ3) is 4.00. The highest BCUT2D eigenvalue weighted by Gasteiger charge is 2.43. The second kappa shape index (κ2) is 8.25. The fourth-order valence-corrected chi connectivity index (χ4v) is 3.87. The summed E-state index contributed by atoms with van der Waals surface area (Å²) in [5.41, 5.74) is 2.66. The fourth-order valence-electron chi connectivity index (χ4n) is 3.22. The molecule has 0 amide bonds. The van der Waals surface area contributed by atoms with Gasteiger partial charge in [-0.15, -0.1) is 11.8 Å². The Hall–Kier alpha value is -2.51. The first kappa shape index (κ1) is 18.3. The maximum absolute atomic E-state index is 12.8. The van der Waals surface area contributed by atoms with Gasteiger partial charge < -0.3 is 4.74 Å². The monoisotopic (exact) mass is 363 g/mol. The number of benzene rings is 2.